The molecule has 0 bridgehead atoms. The van der Waals surface area contributed by atoms with Gasteiger partial charge in [-0.25, -0.2) is 0 Å². The van der Waals surface area contributed by atoms with E-state index in [2.05, 4.69) is 13.8 Å². The van der Waals surface area contributed by atoms with Gasteiger partial charge in [-0.1, -0.05) is 20.3 Å². The third-order valence-corrected chi connectivity index (χ3v) is 7.47. The maximum Gasteiger partial charge on any atom is 0.123 e. The highest BCUT2D eigenvalue weighted by molar-refractivity contribution is 5.56. The van der Waals surface area contributed by atoms with Crippen molar-refractivity contribution in [2.24, 2.45) is 28.6 Å². The Balaban J connectivity index is 1.98. The zero-order valence-electron chi connectivity index (χ0n) is 15.1. The third kappa shape index (κ3) is 2.77. The van der Waals surface area contributed by atoms with Crippen LogP contribution in [0, 0.1) is 28.6 Å². The maximum absolute atomic E-state index is 11.7. The van der Waals surface area contributed by atoms with Crippen molar-refractivity contribution in [1.29, 1.82) is 0 Å². The second-order valence-electron chi connectivity index (χ2n) is 8.43. The SMILES string of the molecule is C[C@@H]1C[C@H](O)[C@@]2(CO)[C@H](CCC[C@@H]2C=O)[C@@]1(C)C[C@H](O)c1ccoc1. The summed E-state index contributed by atoms with van der Waals surface area (Å²) in [6.07, 6.45) is 6.24. The summed E-state index contributed by atoms with van der Waals surface area (Å²) in [6.45, 7) is 4.07. The van der Waals surface area contributed by atoms with Crippen LogP contribution in [0.15, 0.2) is 23.0 Å². The number of aliphatic hydroxyl groups excluding tert-OH is 3. The molecule has 2 saturated carbocycles. The number of furan rings is 1. The van der Waals surface area contributed by atoms with E-state index >= 15 is 0 Å². The molecule has 0 amide bonds. The lowest BCUT2D eigenvalue weighted by atomic mass is 9.43. The minimum absolute atomic E-state index is 0.00532. The first-order chi connectivity index (χ1) is 11.9. The van der Waals surface area contributed by atoms with Crippen LogP contribution in [0.2, 0.25) is 0 Å². The minimum Gasteiger partial charge on any atom is -0.472 e. The molecular weight excluding hydrogens is 320 g/mol. The van der Waals surface area contributed by atoms with E-state index in [1.807, 2.05) is 0 Å². The lowest BCUT2D eigenvalue weighted by Crippen LogP contribution is -2.63. The van der Waals surface area contributed by atoms with Crippen molar-refractivity contribution in [3.05, 3.63) is 24.2 Å². The molecular formula is C20H30O5. The first kappa shape index (κ1) is 18.6. The number of hydrogen-bond acceptors (Lipinski definition) is 5. The van der Waals surface area contributed by atoms with Gasteiger partial charge in [-0.3, -0.25) is 0 Å². The van der Waals surface area contributed by atoms with Gasteiger partial charge < -0.3 is 24.5 Å². The van der Waals surface area contributed by atoms with Gasteiger partial charge in [0.05, 0.1) is 31.3 Å². The molecule has 5 nitrogen and oxygen atoms in total. The molecule has 0 saturated heterocycles. The second kappa shape index (κ2) is 6.86. The predicted octanol–water partition coefficient (Wildman–Crippen LogP) is 2.70. The van der Waals surface area contributed by atoms with Crippen LogP contribution in [0.3, 0.4) is 0 Å². The Hall–Kier alpha value is -1.17. The van der Waals surface area contributed by atoms with Crippen molar-refractivity contribution in [2.75, 3.05) is 6.61 Å². The minimum atomic E-state index is -0.794. The number of aldehydes is 1. The molecule has 2 fully saturated rings. The third-order valence-electron chi connectivity index (χ3n) is 7.47. The van der Waals surface area contributed by atoms with Crippen molar-refractivity contribution >= 4 is 6.29 Å². The largest absolute Gasteiger partial charge is 0.472 e. The van der Waals surface area contributed by atoms with Gasteiger partial charge in [0.1, 0.15) is 6.29 Å². The summed E-state index contributed by atoms with van der Waals surface area (Å²) in [5.41, 5.74) is -0.325. The molecule has 3 rings (SSSR count). The smallest absolute Gasteiger partial charge is 0.123 e. The Morgan fingerprint density at radius 3 is 2.80 bits per heavy atom. The van der Waals surface area contributed by atoms with E-state index < -0.39 is 17.6 Å². The van der Waals surface area contributed by atoms with E-state index in [9.17, 15) is 20.1 Å². The standard InChI is InChI=1S/C20H30O5/c1-13-8-18(24)20(12-22)15(10-21)4-3-5-17(20)19(13,2)9-16(23)14-6-7-25-11-14/h6-7,10-11,13,15-18,22-24H,3-5,8-9,12H2,1-2H3/t13-,15-,16+,17-,18+,19+,20-/m1/s1. The summed E-state index contributed by atoms with van der Waals surface area (Å²) in [5, 5.41) is 31.9. The first-order valence-electron chi connectivity index (χ1n) is 9.34. The van der Waals surface area contributed by atoms with E-state index in [0.29, 0.717) is 19.3 Å². The number of carbonyl (C=O) groups excluding carboxylic acids is 1. The molecule has 0 unspecified atom stereocenters. The molecule has 0 radical (unpaired) electrons. The van der Waals surface area contributed by atoms with Crippen LogP contribution < -0.4 is 0 Å². The molecule has 25 heavy (non-hydrogen) atoms. The number of rotatable bonds is 5. The average Bonchev–Trinajstić information content (AvgIpc) is 3.14. The van der Waals surface area contributed by atoms with Crippen LogP contribution in [0.25, 0.3) is 0 Å². The molecule has 0 spiro atoms. The summed E-state index contributed by atoms with van der Waals surface area (Å²) in [5.74, 6) is -0.155. The zero-order valence-corrected chi connectivity index (χ0v) is 15.1. The first-order valence-corrected chi connectivity index (χ1v) is 9.34. The van der Waals surface area contributed by atoms with Crippen molar-refractivity contribution in [3.8, 4) is 0 Å². The van der Waals surface area contributed by atoms with Crippen LogP contribution in [0.5, 0.6) is 0 Å². The van der Waals surface area contributed by atoms with Crippen LogP contribution >= 0.6 is 0 Å². The average molecular weight is 350 g/mol. The summed E-state index contributed by atoms with van der Waals surface area (Å²) in [7, 11) is 0. The van der Waals surface area contributed by atoms with Gasteiger partial charge in [0, 0.05) is 16.9 Å². The Labute approximate surface area is 149 Å². The molecule has 2 aliphatic carbocycles. The molecule has 1 aromatic rings. The summed E-state index contributed by atoms with van der Waals surface area (Å²) >= 11 is 0. The maximum atomic E-state index is 11.7. The van der Waals surface area contributed by atoms with Crippen LogP contribution in [0.1, 0.15) is 57.6 Å². The molecule has 140 valence electrons. The Morgan fingerprint density at radius 2 is 2.20 bits per heavy atom. The van der Waals surface area contributed by atoms with Gasteiger partial charge in [-0.15, -0.1) is 0 Å². The molecule has 1 heterocycles. The highest BCUT2D eigenvalue weighted by Gasteiger charge is 2.62. The number of hydrogen-bond donors (Lipinski definition) is 3. The van der Waals surface area contributed by atoms with Gasteiger partial charge in [-0.2, -0.15) is 0 Å². The molecule has 0 aliphatic heterocycles. The monoisotopic (exact) mass is 350 g/mol. The number of aliphatic hydroxyl groups is 3. The summed E-state index contributed by atoms with van der Waals surface area (Å²) in [4.78, 5) is 11.7. The molecule has 5 heteroatoms. The topological polar surface area (TPSA) is 90.9 Å². The van der Waals surface area contributed by atoms with Gasteiger partial charge in [0.2, 0.25) is 0 Å². The van der Waals surface area contributed by atoms with Gasteiger partial charge in [0.25, 0.3) is 0 Å². The highest BCUT2D eigenvalue weighted by Crippen LogP contribution is 2.63. The Kier molecular flexibility index (Phi) is 5.11. The van der Waals surface area contributed by atoms with Crippen molar-refractivity contribution in [3.63, 3.8) is 0 Å². The lowest BCUT2D eigenvalue weighted by Gasteiger charge is -2.62. The fourth-order valence-corrected chi connectivity index (χ4v) is 5.80. The van der Waals surface area contributed by atoms with Gasteiger partial charge in [-0.05, 0) is 49.0 Å². The van der Waals surface area contributed by atoms with Crippen LogP contribution in [-0.4, -0.2) is 34.3 Å². The van der Waals surface area contributed by atoms with E-state index in [1.165, 1.54) is 0 Å². The van der Waals surface area contributed by atoms with Crippen molar-refractivity contribution < 1.29 is 24.5 Å². The number of fused-ring (bicyclic) bond motifs is 1. The molecule has 0 aromatic carbocycles. The lowest BCUT2D eigenvalue weighted by molar-refractivity contribution is -0.207. The summed E-state index contributed by atoms with van der Waals surface area (Å²) in [6, 6.07) is 1.77. The Bertz CT molecular complexity index is 585. The molecule has 2 aliphatic rings. The van der Waals surface area contributed by atoms with E-state index in [1.54, 1.807) is 18.6 Å². The van der Waals surface area contributed by atoms with Gasteiger partial charge >= 0.3 is 0 Å². The van der Waals surface area contributed by atoms with E-state index in [-0.39, 0.29) is 29.8 Å². The molecule has 7 atom stereocenters. The highest BCUT2D eigenvalue weighted by atomic mass is 16.3. The Morgan fingerprint density at radius 1 is 1.44 bits per heavy atom. The van der Waals surface area contributed by atoms with Crippen LogP contribution in [-0.2, 0) is 4.79 Å². The van der Waals surface area contributed by atoms with Crippen LogP contribution in [0.4, 0.5) is 0 Å². The normalized spacial score (nSPS) is 42.6. The van der Waals surface area contributed by atoms with E-state index in [4.69, 9.17) is 4.42 Å². The zero-order chi connectivity index (χ0) is 18.2. The fourth-order valence-electron chi connectivity index (χ4n) is 5.80. The van der Waals surface area contributed by atoms with Gasteiger partial charge in [0.15, 0.2) is 0 Å². The fraction of sp³-hybridized carbons (Fsp3) is 0.750. The van der Waals surface area contributed by atoms with Crippen molar-refractivity contribution in [1.82, 2.24) is 0 Å². The van der Waals surface area contributed by atoms with Crippen molar-refractivity contribution in [2.45, 2.75) is 58.2 Å². The second-order valence-corrected chi connectivity index (χ2v) is 8.43. The summed E-state index contributed by atoms with van der Waals surface area (Å²) < 4.78 is 5.10. The number of carbonyl (C=O) groups is 1. The molecule has 1 aromatic heterocycles. The molecule has 3 N–H and O–H groups in total. The predicted molar refractivity (Wildman–Crippen MR) is 92.6 cm³/mol. The van der Waals surface area contributed by atoms with E-state index in [0.717, 1.165) is 24.7 Å². The quantitative estimate of drug-likeness (QED) is 0.710.